The van der Waals surface area contributed by atoms with Crippen LogP contribution in [0.25, 0.3) is 0 Å². The smallest absolute Gasteiger partial charge is 0.221 e. The lowest BCUT2D eigenvalue weighted by atomic mass is 10.1. The van der Waals surface area contributed by atoms with Gasteiger partial charge in [0.25, 0.3) is 0 Å². The maximum atomic E-state index is 13.4. The zero-order chi connectivity index (χ0) is 17.7. The number of carbonyl (C=O) groups is 1. The molecule has 0 radical (unpaired) electrons. The van der Waals surface area contributed by atoms with E-state index < -0.39 is 15.7 Å². The Bertz CT molecular complexity index is 835. The summed E-state index contributed by atoms with van der Waals surface area (Å²) in [5, 5.41) is 3.03. The second-order valence-electron chi connectivity index (χ2n) is 5.38. The van der Waals surface area contributed by atoms with Crippen LogP contribution in [0.4, 0.5) is 4.39 Å². The normalized spacial score (nSPS) is 11.3. The predicted octanol–water partition coefficient (Wildman–Crippen LogP) is 3.27. The van der Waals surface area contributed by atoms with Crippen molar-refractivity contribution in [3.05, 3.63) is 64.4 Å². The fourth-order valence-electron chi connectivity index (χ4n) is 2.02. The Morgan fingerprint density at radius 3 is 2.46 bits per heavy atom. The van der Waals surface area contributed by atoms with Crippen molar-refractivity contribution in [2.75, 3.05) is 5.75 Å². The predicted molar refractivity (Wildman–Crippen MR) is 91.1 cm³/mol. The van der Waals surface area contributed by atoms with Crippen LogP contribution in [-0.4, -0.2) is 20.1 Å². The third-order valence-corrected chi connectivity index (χ3v) is 5.48. The third-order valence-electron chi connectivity index (χ3n) is 3.50. The molecule has 2 rings (SSSR count). The van der Waals surface area contributed by atoms with E-state index in [0.717, 1.165) is 0 Å². The summed E-state index contributed by atoms with van der Waals surface area (Å²) >= 11 is 5.72. The minimum absolute atomic E-state index is 0.125. The van der Waals surface area contributed by atoms with E-state index in [0.29, 0.717) is 16.1 Å². The van der Waals surface area contributed by atoms with Gasteiger partial charge in [-0.15, -0.1) is 0 Å². The van der Waals surface area contributed by atoms with Gasteiger partial charge in [0.2, 0.25) is 5.91 Å². The molecule has 128 valence electrons. The summed E-state index contributed by atoms with van der Waals surface area (Å²) in [6.45, 7) is 1.80. The maximum Gasteiger partial charge on any atom is 0.221 e. The molecular weight excluding hydrogens is 353 g/mol. The molecule has 4 nitrogen and oxygen atoms in total. The molecule has 1 amide bonds. The lowest BCUT2D eigenvalue weighted by Crippen LogP contribution is -2.25. The number of benzene rings is 2. The van der Waals surface area contributed by atoms with Gasteiger partial charge in [-0.25, -0.2) is 12.8 Å². The molecule has 0 spiro atoms. The van der Waals surface area contributed by atoms with Crippen molar-refractivity contribution in [1.29, 1.82) is 0 Å². The Morgan fingerprint density at radius 1 is 1.17 bits per heavy atom. The largest absolute Gasteiger partial charge is 0.352 e. The second kappa shape index (κ2) is 7.77. The summed E-state index contributed by atoms with van der Waals surface area (Å²) < 4.78 is 37.7. The maximum absolute atomic E-state index is 13.4. The number of nitrogens with one attached hydrogen (secondary N) is 1. The van der Waals surface area contributed by atoms with Crippen LogP contribution in [0.3, 0.4) is 0 Å². The Kier molecular flexibility index (Phi) is 5.96. The van der Waals surface area contributed by atoms with Gasteiger partial charge in [-0.05, 0) is 48.4 Å². The summed E-state index contributed by atoms with van der Waals surface area (Å²) in [6.07, 6.45) is -0.167. The number of amides is 1. The molecule has 0 atom stereocenters. The summed E-state index contributed by atoms with van der Waals surface area (Å²) in [7, 11) is -3.55. The lowest BCUT2D eigenvalue weighted by molar-refractivity contribution is -0.120. The van der Waals surface area contributed by atoms with Crippen molar-refractivity contribution in [3.63, 3.8) is 0 Å². The molecular formula is C17H17ClFNO3S. The minimum Gasteiger partial charge on any atom is -0.352 e. The van der Waals surface area contributed by atoms with Crippen LogP contribution in [0.15, 0.2) is 47.4 Å². The number of halogens is 2. The zero-order valence-corrected chi connectivity index (χ0v) is 14.6. The molecule has 0 unspecified atom stereocenters. The first-order valence-corrected chi connectivity index (χ1v) is 9.31. The number of sulfone groups is 1. The monoisotopic (exact) mass is 369 g/mol. The first-order valence-electron chi connectivity index (χ1n) is 7.28. The van der Waals surface area contributed by atoms with Gasteiger partial charge in [0, 0.05) is 18.0 Å². The molecule has 0 saturated heterocycles. The fraction of sp³-hybridized carbons (Fsp3) is 0.235. The van der Waals surface area contributed by atoms with Crippen LogP contribution in [0, 0.1) is 12.7 Å². The first-order chi connectivity index (χ1) is 11.3. The summed E-state index contributed by atoms with van der Waals surface area (Å²) in [4.78, 5) is 11.9. The van der Waals surface area contributed by atoms with Gasteiger partial charge in [-0.2, -0.15) is 0 Å². The van der Waals surface area contributed by atoms with E-state index in [1.165, 1.54) is 30.3 Å². The molecule has 0 heterocycles. The first kappa shape index (κ1) is 18.4. The molecule has 2 aromatic rings. The van der Waals surface area contributed by atoms with Gasteiger partial charge < -0.3 is 5.32 Å². The van der Waals surface area contributed by atoms with Crippen molar-refractivity contribution in [2.24, 2.45) is 0 Å². The van der Waals surface area contributed by atoms with Gasteiger partial charge in [-0.1, -0.05) is 23.7 Å². The highest BCUT2D eigenvalue weighted by molar-refractivity contribution is 7.91. The summed E-state index contributed by atoms with van der Waals surface area (Å²) in [5.74, 6) is -1.05. The molecule has 0 aliphatic heterocycles. The summed E-state index contributed by atoms with van der Waals surface area (Å²) in [6, 6.07) is 10.5. The van der Waals surface area contributed by atoms with Crippen LogP contribution in [0.2, 0.25) is 5.02 Å². The Labute approximate surface area is 145 Å². The Balaban J connectivity index is 1.88. The van der Waals surface area contributed by atoms with E-state index in [-0.39, 0.29) is 29.4 Å². The Hall–Kier alpha value is -1.92. The van der Waals surface area contributed by atoms with E-state index in [1.54, 1.807) is 19.1 Å². The van der Waals surface area contributed by atoms with E-state index in [2.05, 4.69) is 5.32 Å². The molecule has 0 aliphatic carbocycles. The summed E-state index contributed by atoms with van der Waals surface area (Å²) in [5.41, 5.74) is 1.14. The highest BCUT2D eigenvalue weighted by Crippen LogP contribution is 2.16. The quantitative estimate of drug-likeness (QED) is 0.850. The topological polar surface area (TPSA) is 63.2 Å². The van der Waals surface area contributed by atoms with Crippen LogP contribution in [-0.2, 0) is 21.2 Å². The zero-order valence-electron chi connectivity index (χ0n) is 13.1. The molecule has 0 fully saturated rings. The SMILES string of the molecule is Cc1ccc(CNC(=O)CCS(=O)(=O)c2ccc(Cl)cc2)cc1F. The Morgan fingerprint density at radius 2 is 1.83 bits per heavy atom. The van der Waals surface area contributed by atoms with E-state index in [1.807, 2.05) is 0 Å². The molecule has 0 bridgehead atoms. The van der Waals surface area contributed by atoms with Crippen molar-refractivity contribution < 1.29 is 17.6 Å². The van der Waals surface area contributed by atoms with Crippen molar-refractivity contribution in [2.45, 2.75) is 24.8 Å². The number of hydrogen-bond donors (Lipinski definition) is 1. The average Bonchev–Trinajstić information content (AvgIpc) is 2.54. The van der Waals surface area contributed by atoms with Crippen LogP contribution >= 0.6 is 11.6 Å². The van der Waals surface area contributed by atoms with Crippen molar-refractivity contribution >= 4 is 27.3 Å². The van der Waals surface area contributed by atoms with Gasteiger partial charge in [0.15, 0.2) is 9.84 Å². The van der Waals surface area contributed by atoms with Gasteiger partial charge >= 0.3 is 0 Å². The highest BCUT2D eigenvalue weighted by atomic mass is 35.5. The van der Waals surface area contributed by atoms with Crippen LogP contribution < -0.4 is 5.32 Å². The lowest BCUT2D eigenvalue weighted by Gasteiger charge is -2.07. The molecule has 0 aromatic heterocycles. The number of carbonyl (C=O) groups excluding carboxylic acids is 1. The van der Waals surface area contributed by atoms with Gasteiger partial charge in [0.1, 0.15) is 5.82 Å². The fourth-order valence-corrected chi connectivity index (χ4v) is 3.39. The molecule has 0 saturated carbocycles. The number of rotatable bonds is 6. The number of hydrogen-bond acceptors (Lipinski definition) is 3. The second-order valence-corrected chi connectivity index (χ2v) is 7.93. The molecule has 0 aliphatic rings. The highest BCUT2D eigenvalue weighted by Gasteiger charge is 2.16. The van der Waals surface area contributed by atoms with Crippen LogP contribution in [0.5, 0.6) is 0 Å². The van der Waals surface area contributed by atoms with E-state index in [4.69, 9.17) is 11.6 Å². The average molecular weight is 370 g/mol. The standard InChI is InChI=1S/C17H17ClFNO3S/c1-12-2-3-13(10-16(12)19)11-20-17(21)8-9-24(22,23)15-6-4-14(18)5-7-15/h2-7,10H,8-9,11H2,1H3,(H,20,21). The van der Waals surface area contributed by atoms with E-state index in [9.17, 15) is 17.6 Å². The van der Waals surface area contributed by atoms with Crippen LogP contribution in [0.1, 0.15) is 17.5 Å². The molecule has 7 heteroatoms. The minimum atomic E-state index is -3.55. The van der Waals surface area contributed by atoms with Crippen molar-refractivity contribution in [3.8, 4) is 0 Å². The molecule has 1 N–H and O–H groups in total. The third kappa shape index (κ3) is 5.04. The van der Waals surface area contributed by atoms with E-state index >= 15 is 0 Å². The molecule has 24 heavy (non-hydrogen) atoms. The number of aryl methyl sites for hydroxylation is 1. The van der Waals surface area contributed by atoms with Crippen molar-refractivity contribution in [1.82, 2.24) is 5.32 Å². The van der Waals surface area contributed by atoms with Gasteiger partial charge in [-0.3, -0.25) is 4.79 Å². The molecule has 2 aromatic carbocycles. The van der Waals surface area contributed by atoms with Gasteiger partial charge in [0.05, 0.1) is 10.6 Å².